The van der Waals surface area contributed by atoms with Crippen LogP contribution in [0, 0.1) is 5.92 Å². The summed E-state index contributed by atoms with van der Waals surface area (Å²) in [4.78, 5) is 2.43. The number of benzene rings is 2. The molecule has 0 atom stereocenters. The summed E-state index contributed by atoms with van der Waals surface area (Å²) in [7, 11) is 0. The summed E-state index contributed by atoms with van der Waals surface area (Å²) >= 11 is 0. The van der Waals surface area contributed by atoms with Crippen LogP contribution in [0.1, 0.15) is 12.8 Å². The van der Waals surface area contributed by atoms with Gasteiger partial charge in [0.25, 0.3) is 0 Å². The molecule has 0 unspecified atom stereocenters. The first-order valence-electron chi connectivity index (χ1n) is 7.76. The highest BCUT2D eigenvalue weighted by molar-refractivity contribution is 5.77. The molecule has 0 amide bonds. The second kappa shape index (κ2) is 5.41. The molecule has 0 aliphatic carbocycles. The number of rotatable bonds is 2. The lowest BCUT2D eigenvalue weighted by Gasteiger charge is -2.36. The van der Waals surface area contributed by atoms with Gasteiger partial charge in [-0.1, -0.05) is 24.3 Å². The molecule has 21 heavy (non-hydrogen) atoms. The third-order valence-corrected chi connectivity index (χ3v) is 4.43. The lowest BCUT2D eigenvalue weighted by Crippen LogP contribution is -2.35. The molecule has 1 saturated heterocycles. The van der Waals surface area contributed by atoms with E-state index in [1.165, 1.54) is 24.2 Å². The molecule has 3 heteroatoms. The summed E-state index contributed by atoms with van der Waals surface area (Å²) in [6.07, 6.45) is 2.50. The van der Waals surface area contributed by atoms with Crippen LogP contribution in [-0.4, -0.2) is 19.6 Å². The Balaban J connectivity index is 1.70. The summed E-state index contributed by atoms with van der Waals surface area (Å²) in [6, 6.07) is 16.7. The highest BCUT2D eigenvalue weighted by Crippen LogP contribution is 2.46. The molecule has 0 saturated carbocycles. The summed E-state index contributed by atoms with van der Waals surface area (Å²) in [5.74, 6) is 2.67. The van der Waals surface area contributed by atoms with Crippen molar-refractivity contribution < 1.29 is 4.74 Å². The summed E-state index contributed by atoms with van der Waals surface area (Å²) in [5, 5.41) is 3.45. The van der Waals surface area contributed by atoms with Crippen LogP contribution in [0.2, 0.25) is 0 Å². The Morgan fingerprint density at radius 1 is 0.905 bits per heavy atom. The van der Waals surface area contributed by atoms with E-state index in [-0.39, 0.29) is 0 Å². The molecule has 4 rings (SSSR count). The van der Waals surface area contributed by atoms with Crippen LogP contribution in [0.15, 0.2) is 48.5 Å². The van der Waals surface area contributed by atoms with Crippen molar-refractivity contribution in [2.24, 2.45) is 5.92 Å². The highest BCUT2D eigenvalue weighted by Gasteiger charge is 2.26. The minimum Gasteiger partial charge on any atom is -0.453 e. The second-order valence-corrected chi connectivity index (χ2v) is 5.84. The van der Waals surface area contributed by atoms with E-state index < -0.39 is 0 Å². The van der Waals surface area contributed by atoms with Crippen molar-refractivity contribution in [3.8, 4) is 11.5 Å². The molecule has 2 aliphatic rings. The predicted octanol–water partition coefficient (Wildman–Crippen LogP) is 3.93. The van der Waals surface area contributed by atoms with Gasteiger partial charge < -0.3 is 15.0 Å². The Kier molecular flexibility index (Phi) is 3.28. The topological polar surface area (TPSA) is 24.5 Å². The molecule has 3 nitrogen and oxygen atoms in total. The molecule has 0 radical (unpaired) electrons. The zero-order chi connectivity index (χ0) is 14.1. The van der Waals surface area contributed by atoms with Gasteiger partial charge in [0.2, 0.25) is 0 Å². The van der Waals surface area contributed by atoms with Crippen molar-refractivity contribution in [1.29, 1.82) is 0 Å². The van der Waals surface area contributed by atoms with E-state index in [2.05, 4.69) is 46.6 Å². The molecular weight excluding hydrogens is 260 g/mol. The predicted molar refractivity (Wildman–Crippen MR) is 85.6 cm³/mol. The number of ether oxygens (including phenoxy) is 1. The van der Waals surface area contributed by atoms with Gasteiger partial charge in [0, 0.05) is 6.54 Å². The van der Waals surface area contributed by atoms with Crippen LogP contribution in [0.3, 0.4) is 0 Å². The fraction of sp³-hybridized carbons (Fsp3) is 0.333. The summed E-state index contributed by atoms with van der Waals surface area (Å²) in [5.41, 5.74) is 2.38. The molecule has 0 aromatic heterocycles. The minimum atomic E-state index is 0.741. The number of nitrogens with one attached hydrogen (secondary N) is 1. The van der Waals surface area contributed by atoms with Crippen LogP contribution in [-0.2, 0) is 0 Å². The van der Waals surface area contributed by atoms with E-state index in [9.17, 15) is 0 Å². The van der Waals surface area contributed by atoms with Crippen molar-refractivity contribution >= 4 is 11.4 Å². The first-order valence-corrected chi connectivity index (χ1v) is 7.76. The van der Waals surface area contributed by atoms with Crippen molar-refractivity contribution in [2.75, 3.05) is 24.5 Å². The Hall–Kier alpha value is -2.00. The number of anilines is 2. The molecule has 1 fully saturated rings. The quantitative estimate of drug-likeness (QED) is 0.902. The molecule has 1 N–H and O–H groups in total. The van der Waals surface area contributed by atoms with Crippen LogP contribution in [0.5, 0.6) is 11.5 Å². The van der Waals surface area contributed by atoms with Crippen molar-refractivity contribution in [3.05, 3.63) is 48.5 Å². The molecule has 2 aromatic rings. The van der Waals surface area contributed by atoms with E-state index in [0.29, 0.717) is 0 Å². The van der Waals surface area contributed by atoms with E-state index >= 15 is 0 Å². The maximum atomic E-state index is 6.04. The molecule has 0 spiro atoms. The standard InChI is InChI=1S/C18H20N2O/c1-3-7-17-15(5-1)20(13-14-9-11-19-12-10-14)16-6-2-4-8-18(16)21-17/h1-8,14,19H,9-13H2. The van der Waals surface area contributed by atoms with Crippen LogP contribution < -0.4 is 15.0 Å². The number of hydrogen-bond acceptors (Lipinski definition) is 3. The van der Waals surface area contributed by atoms with Crippen LogP contribution in [0.25, 0.3) is 0 Å². The van der Waals surface area contributed by atoms with Gasteiger partial charge in [0.05, 0.1) is 11.4 Å². The Labute approximate surface area is 125 Å². The number of para-hydroxylation sites is 4. The molecule has 108 valence electrons. The molecule has 2 aliphatic heterocycles. The second-order valence-electron chi connectivity index (χ2n) is 5.84. The van der Waals surface area contributed by atoms with Crippen LogP contribution >= 0.6 is 0 Å². The number of nitrogens with zero attached hydrogens (tertiary/aromatic N) is 1. The fourth-order valence-corrected chi connectivity index (χ4v) is 3.30. The zero-order valence-electron chi connectivity index (χ0n) is 12.1. The molecule has 2 heterocycles. The third kappa shape index (κ3) is 2.38. The molecular formula is C18H20N2O. The largest absolute Gasteiger partial charge is 0.453 e. The number of fused-ring (bicyclic) bond motifs is 2. The van der Waals surface area contributed by atoms with E-state index in [1.807, 2.05) is 12.1 Å². The highest BCUT2D eigenvalue weighted by atomic mass is 16.5. The van der Waals surface area contributed by atoms with Gasteiger partial charge in [-0.05, 0) is 56.1 Å². The smallest absolute Gasteiger partial charge is 0.151 e. The Morgan fingerprint density at radius 3 is 2.10 bits per heavy atom. The normalized spacial score (nSPS) is 17.8. The molecule has 0 bridgehead atoms. The van der Waals surface area contributed by atoms with Crippen LogP contribution in [0.4, 0.5) is 11.4 Å². The summed E-state index contributed by atoms with van der Waals surface area (Å²) < 4.78 is 6.04. The van der Waals surface area contributed by atoms with E-state index in [4.69, 9.17) is 4.74 Å². The van der Waals surface area contributed by atoms with Gasteiger partial charge in [-0.25, -0.2) is 0 Å². The fourth-order valence-electron chi connectivity index (χ4n) is 3.30. The SMILES string of the molecule is c1ccc2c(c1)Oc1ccccc1N2CC1CCNCC1. The Morgan fingerprint density at radius 2 is 1.48 bits per heavy atom. The summed E-state index contributed by atoms with van der Waals surface area (Å²) in [6.45, 7) is 3.34. The first kappa shape index (κ1) is 12.7. The van der Waals surface area contributed by atoms with E-state index in [1.54, 1.807) is 0 Å². The minimum absolute atomic E-state index is 0.741. The number of hydrogen-bond donors (Lipinski definition) is 1. The van der Waals surface area contributed by atoms with Gasteiger partial charge in [-0.2, -0.15) is 0 Å². The van der Waals surface area contributed by atoms with Crippen molar-refractivity contribution in [1.82, 2.24) is 5.32 Å². The monoisotopic (exact) mass is 280 g/mol. The average molecular weight is 280 g/mol. The third-order valence-electron chi connectivity index (χ3n) is 4.43. The Bertz CT molecular complexity index is 589. The van der Waals surface area contributed by atoms with Crippen molar-refractivity contribution in [2.45, 2.75) is 12.8 Å². The lowest BCUT2D eigenvalue weighted by molar-refractivity contribution is 0.376. The van der Waals surface area contributed by atoms with Gasteiger partial charge in [0.1, 0.15) is 0 Å². The van der Waals surface area contributed by atoms with Gasteiger partial charge in [-0.3, -0.25) is 0 Å². The average Bonchev–Trinajstić information content (AvgIpc) is 2.55. The zero-order valence-corrected chi connectivity index (χ0v) is 12.1. The maximum absolute atomic E-state index is 6.04. The maximum Gasteiger partial charge on any atom is 0.151 e. The molecule has 2 aromatic carbocycles. The van der Waals surface area contributed by atoms with Gasteiger partial charge in [0.15, 0.2) is 11.5 Å². The van der Waals surface area contributed by atoms with Gasteiger partial charge >= 0.3 is 0 Å². The lowest BCUT2D eigenvalue weighted by atomic mass is 9.96. The van der Waals surface area contributed by atoms with Crippen molar-refractivity contribution in [3.63, 3.8) is 0 Å². The first-order chi connectivity index (χ1) is 10.4. The van der Waals surface area contributed by atoms with Gasteiger partial charge in [-0.15, -0.1) is 0 Å². The number of piperidine rings is 1. The van der Waals surface area contributed by atoms with E-state index in [0.717, 1.165) is 37.1 Å².